The summed E-state index contributed by atoms with van der Waals surface area (Å²) in [5.74, 6) is 5.82. The predicted molar refractivity (Wildman–Crippen MR) is 83.1 cm³/mol. The minimum absolute atomic E-state index is 0.344. The fraction of sp³-hybridized carbons (Fsp3) is 0.867. The molecule has 0 aromatic rings. The lowest BCUT2D eigenvalue weighted by atomic mass is 10.1. The van der Waals surface area contributed by atoms with E-state index in [1.807, 2.05) is 0 Å². The van der Waals surface area contributed by atoms with Crippen molar-refractivity contribution in [2.75, 3.05) is 13.1 Å². The summed E-state index contributed by atoms with van der Waals surface area (Å²) in [6.07, 6.45) is 0.110. The molecule has 1 rings (SSSR count). The van der Waals surface area contributed by atoms with Crippen molar-refractivity contribution in [2.45, 2.75) is 71.6 Å². The van der Waals surface area contributed by atoms with Gasteiger partial charge in [-0.05, 0) is 54.4 Å². The second kappa shape index (κ2) is 6.83. The average Bonchev–Trinajstić information content (AvgIpc) is 2.23. The number of carbonyl (C=O) groups excluding carboxylic acids is 2. The maximum absolute atomic E-state index is 12.4. The molecule has 0 aromatic carbocycles. The van der Waals surface area contributed by atoms with Crippen molar-refractivity contribution >= 4 is 12.2 Å². The number of carbonyl (C=O) groups is 2. The first-order valence-electron chi connectivity index (χ1n) is 7.64. The van der Waals surface area contributed by atoms with Crippen LogP contribution < -0.4 is 5.84 Å². The number of rotatable bonds is 1. The molecule has 1 aliphatic heterocycles. The minimum atomic E-state index is -0.693. The van der Waals surface area contributed by atoms with Gasteiger partial charge in [-0.25, -0.2) is 19.5 Å². The standard InChI is InChI=1S/C15H29N3O4/c1-14(2,3)21-12(19)18(13(20)22-15(4,5)6)11-8-7-9-17(16)10-11/h11H,7-10,16H2,1-6H3. The van der Waals surface area contributed by atoms with Crippen LogP contribution in [0.1, 0.15) is 54.4 Å². The molecule has 7 heteroatoms. The highest BCUT2D eigenvalue weighted by Crippen LogP contribution is 2.21. The Morgan fingerprint density at radius 3 is 1.86 bits per heavy atom. The lowest BCUT2D eigenvalue weighted by Crippen LogP contribution is -2.56. The Morgan fingerprint density at radius 1 is 1.05 bits per heavy atom. The molecule has 0 saturated carbocycles. The maximum atomic E-state index is 12.4. The number of hydrazine groups is 1. The second-order valence-corrected chi connectivity index (χ2v) is 7.62. The fourth-order valence-corrected chi connectivity index (χ4v) is 2.19. The Hall–Kier alpha value is -1.34. The number of nitrogens with two attached hydrogens (primary N) is 1. The van der Waals surface area contributed by atoms with E-state index < -0.39 is 23.4 Å². The van der Waals surface area contributed by atoms with Gasteiger partial charge in [0, 0.05) is 13.1 Å². The zero-order valence-corrected chi connectivity index (χ0v) is 14.5. The molecular weight excluding hydrogens is 286 g/mol. The molecule has 0 radical (unpaired) electrons. The maximum Gasteiger partial charge on any atom is 0.420 e. The molecule has 2 N–H and O–H groups in total. The van der Waals surface area contributed by atoms with E-state index in [9.17, 15) is 9.59 Å². The van der Waals surface area contributed by atoms with E-state index in [0.29, 0.717) is 13.0 Å². The molecule has 1 heterocycles. The molecule has 0 bridgehead atoms. The van der Waals surface area contributed by atoms with Gasteiger partial charge in [-0.1, -0.05) is 0 Å². The van der Waals surface area contributed by atoms with E-state index in [1.165, 1.54) is 0 Å². The van der Waals surface area contributed by atoms with Crippen LogP contribution >= 0.6 is 0 Å². The highest BCUT2D eigenvalue weighted by Gasteiger charge is 2.38. The summed E-state index contributed by atoms with van der Waals surface area (Å²) in [7, 11) is 0. The van der Waals surface area contributed by atoms with Crippen LogP contribution in [0.5, 0.6) is 0 Å². The molecule has 0 aromatic heterocycles. The molecule has 7 nitrogen and oxygen atoms in total. The van der Waals surface area contributed by atoms with Gasteiger partial charge in [0.25, 0.3) is 0 Å². The third-order valence-electron chi connectivity index (χ3n) is 2.97. The molecule has 22 heavy (non-hydrogen) atoms. The van der Waals surface area contributed by atoms with Gasteiger partial charge in [-0.3, -0.25) is 5.84 Å². The van der Waals surface area contributed by atoms with Crippen molar-refractivity contribution in [3.63, 3.8) is 0 Å². The van der Waals surface area contributed by atoms with Crippen LogP contribution in [0.15, 0.2) is 0 Å². The third kappa shape index (κ3) is 6.19. The van der Waals surface area contributed by atoms with Crippen LogP contribution in [0.25, 0.3) is 0 Å². The number of hydrogen-bond donors (Lipinski definition) is 1. The molecule has 0 spiro atoms. The number of ether oxygens (including phenoxy) is 2. The van der Waals surface area contributed by atoms with Crippen LogP contribution in [0.3, 0.4) is 0 Å². The van der Waals surface area contributed by atoms with Crippen LogP contribution in [0.2, 0.25) is 0 Å². The van der Waals surface area contributed by atoms with Crippen molar-refractivity contribution in [3.05, 3.63) is 0 Å². The summed E-state index contributed by atoms with van der Waals surface area (Å²) in [4.78, 5) is 25.9. The Morgan fingerprint density at radius 2 is 1.50 bits per heavy atom. The van der Waals surface area contributed by atoms with Gasteiger partial charge in [-0.2, -0.15) is 0 Å². The van der Waals surface area contributed by atoms with E-state index in [0.717, 1.165) is 17.9 Å². The zero-order valence-electron chi connectivity index (χ0n) is 14.5. The number of imide groups is 1. The molecule has 128 valence electrons. The van der Waals surface area contributed by atoms with Gasteiger partial charge >= 0.3 is 12.2 Å². The van der Waals surface area contributed by atoms with Crippen molar-refractivity contribution in [2.24, 2.45) is 5.84 Å². The lowest BCUT2D eigenvalue weighted by Gasteiger charge is -2.37. The molecule has 1 aliphatic rings. The molecule has 2 amide bonds. The Kier molecular flexibility index (Phi) is 5.81. The first-order valence-corrected chi connectivity index (χ1v) is 7.64. The molecule has 1 unspecified atom stereocenters. The van der Waals surface area contributed by atoms with Crippen molar-refractivity contribution in [1.29, 1.82) is 0 Å². The minimum Gasteiger partial charge on any atom is -0.443 e. The van der Waals surface area contributed by atoms with Gasteiger partial charge in [0.05, 0.1) is 6.04 Å². The smallest absolute Gasteiger partial charge is 0.420 e. The molecule has 1 atom stereocenters. The Bertz CT molecular complexity index is 384. The topological polar surface area (TPSA) is 85.1 Å². The van der Waals surface area contributed by atoms with Gasteiger partial charge < -0.3 is 9.47 Å². The highest BCUT2D eigenvalue weighted by atomic mass is 16.6. The molecule has 0 aliphatic carbocycles. The molecule has 1 fully saturated rings. The zero-order chi connectivity index (χ0) is 17.1. The normalized spacial score (nSPS) is 20.4. The summed E-state index contributed by atoms with van der Waals surface area (Å²) in [6.45, 7) is 11.7. The van der Waals surface area contributed by atoms with Gasteiger partial charge in [0.2, 0.25) is 0 Å². The summed E-state index contributed by atoms with van der Waals surface area (Å²) in [6, 6.07) is -0.344. The average molecular weight is 315 g/mol. The summed E-state index contributed by atoms with van der Waals surface area (Å²) in [5.41, 5.74) is -1.37. The van der Waals surface area contributed by atoms with Crippen molar-refractivity contribution in [1.82, 2.24) is 9.91 Å². The summed E-state index contributed by atoms with van der Waals surface area (Å²) < 4.78 is 10.7. The van der Waals surface area contributed by atoms with Gasteiger partial charge in [0.15, 0.2) is 0 Å². The summed E-state index contributed by atoms with van der Waals surface area (Å²) in [5, 5.41) is 1.61. The SMILES string of the molecule is CC(C)(C)OC(=O)N(C(=O)OC(C)(C)C)C1CCCN(N)C1. The van der Waals surface area contributed by atoms with Crippen molar-refractivity contribution in [3.8, 4) is 0 Å². The van der Waals surface area contributed by atoms with E-state index in [2.05, 4.69) is 0 Å². The fourth-order valence-electron chi connectivity index (χ4n) is 2.19. The van der Waals surface area contributed by atoms with E-state index in [4.69, 9.17) is 15.3 Å². The number of hydrogen-bond acceptors (Lipinski definition) is 6. The Balaban J connectivity index is 2.93. The summed E-state index contributed by atoms with van der Waals surface area (Å²) >= 11 is 0. The second-order valence-electron chi connectivity index (χ2n) is 7.62. The third-order valence-corrected chi connectivity index (χ3v) is 2.97. The van der Waals surface area contributed by atoms with Crippen LogP contribution in [0, 0.1) is 0 Å². The molecule has 1 saturated heterocycles. The lowest BCUT2D eigenvalue weighted by molar-refractivity contribution is -0.0150. The number of amides is 2. The highest BCUT2D eigenvalue weighted by molar-refractivity contribution is 5.88. The van der Waals surface area contributed by atoms with Crippen LogP contribution in [-0.4, -0.2) is 52.4 Å². The Labute approximate surface area is 132 Å². The first-order chi connectivity index (χ1) is 9.89. The van der Waals surface area contributed by atoms with E-state index in [-0.39, 0.29) is 6.04 Å². The number of nitrogens with zero attached hydrogens (tertiary/aromatic N) is 2. The molecular formula is C15H29N3O4. The van der Waals surface area contributed by atoms with E-state index in [1.54, 1.807) is 46.6 Å². The van der Waals surface area contributed by atoms with E-state index >= 15 is 0 Å². The van der Waals surface area contributed by atoms with Crippen molar-refractivity contribution < 1.29 is 19.1 Å². The largest absolute Gasteiger partial charge is 0.443 e. The monoisotopic (exact) mass is 315 g/mol. The van der Waals surface area contributed by atoms with Crippen LogP contribution in [0.4, 0.5) is 9.59 Å². The predicted octanol–water partition coefficient (Wildman–Crippen LogP) is 2.50. The quantitative estimate of drug-likeness (QED) is 0.748. The first kappa shape index (κ1) is 18.7. The van der Waals surface area contributed by atoms with Crippen LogP contribution in [-0.2, 0) is 9.47 Å². The van der Waals surface area contributed by atoms with Gasteiger partial charge in [-0.15, -0.1) is 0 Å². The number of piperidine rings is 1. The van der Waals surface area contributed by atoms with Gasteiger partial charge in [0.1, 0.15) is 11.2 Å².